The van der Waals surface area contributed by atoms with Crippen LogP contribution in [0, 0.1) is 0 Å². The first kappa shape index (κ1) is 24.3. The molecule has 2 aliphatic heterocycles. The molecule has 2 saturated heterocycles. The van der Waals surface area contributed by atoms with Gasteiger partial charge in [0.2, 0.25) is 5.91 Å². The molecule has 2 aromatic carbocycles. The Bertz CT molecular complexity index is 858. The third kappa shape index (κ3) is 6.59. The van der Waals surface area contributed by atoms with Crippen molar-refractivity contribution in [3.05, 3.63) is 69.7 Å². The van der Waals surface area contributed by atoms with Gasteiger partial charge in [0.05, 0.1) is 22.5 Å². The summed E-state index contributed by atoms with van der Waals surface area (Å²) in [7, 11) is 0. The van der Waals surface area contributed by atoms with Crippen LogP contribution in [0.3, 0.4) is 0 Å². The molecule has 0 aromatic heterocycles. The van der Waals surface area contributed by atoms with E-state index in [1.165, 1.54) is 18.4 Å². The molecule has 0 saturated carbocycles. The Morgan fingerprint density at radius 2 is 1.61 bits per heavy atom. The molecule has 1 atom stereocenters. The molecular formula is C24H30Cl3N3O. The Hall–Kier alpha value is -1.30. The molecule has 0 bridgehead atoms. The number of nitrogens with zero attached hydrogens (tertiary/aromatic N) is 3. The van der Waals surface area contributed by atoms with Crippen LogP contribution in [-0.2, 0) is 17.8 Å². The van der Waals surface area contributed by atoms with Crippen LogP contribution in [0.4, 0.5) is 0 Å². The molecular weight excluding hydrogens is 453 g/mol. The Balaban J connectivity index is 0.00000272. The van der Waals surface area contributed by atoms with Gasteiger partial charge in [-0.15, -0.1) is 12.4 Å². The molecule has 0 aliphatic carbocycles. The van der Waals surface area contributed by atoms with E-state index in [1.54, 1.807) is 6.07 Å². The van der Waals surface area contributed by atoms with Crippen molar-refractivity contribution in [1.82, 2.24) is 14.7 Å². The minimum Gasteiger partial charge on any atom is -0.336 e. The fourth-order valence-electron chi connectivity index (χ4n) is 4.58. The van der Waals surface area contributed by atoms with Crippen molar-refractivity contribution in [1.29, 1.82) is 0 Å². The van der Waals surface area contributed by atoms with Crippen LogP contribution < -0.4 is 0 Å². The summed E-state index contributed by atoms with van der Waals surface area (Å²) in [4.78, 5) is 20.3. The number of hydrogen-bond acceptors (Lipinski definition) is 3. The first-order valence-corrected chi connectivity index (χ1v) is 11.6. The Labute approximate surface area is 201 Å². The van der Waals surface area contributed by atoms with Gasteiger partial charge >= 0.3 is 0 Å². The van der Waals surface area contributed by atoms with Crippen molar-refractivity contribution in [2.24, 2.45) is 0 Å². The van der Waals surface area contributed by atoms with Gasteiger partial charge in [-0.05, 0) is 49.2 Å². The van der Waals surface area contributed by atoms with Gasteiger partial charge in [0.15, 0.2) is 0 Å². The van der Waals surface area contributed by atoms with Crippen LogP contribution >= 0.6 is 35.6 Å². The molecule has 2 aromatic rings. The Kier molecular flexibility index (Phi) is 9.06. The fraction of sp³-hybridized carbons (Fsp3) is 0.458. The summed E-state index contributed by atoms with van der Waals surface area (Å²) in [6.45, 7) is 6.76. The zero-order chi connectivity index (χ0) is 20.9. The number of piperazine rings is 1. The van der Waals surface area contributed by atoms with Gasteiger partial charge in [-0.3, -0.25) is 9.69 Å². The maximum atomic E-state index is 13.2. The van der Waals surface area contributed by atoms with E-state index in [1.807, 2.05) is 12.1 Å². The van der Waals surface area contributed by atoms with Gasteiger partial charge < -0.3 is 9.80 Å². The lowest BCUT2D eigenvalue weighted by Crippen LogP contribution is -2.58. The minimum atomic E-state index is 0. The summed E-state index contributed by atoms with van der Waals surface area (Å²) in [5.74, 6) is 0.178. The highest BCUT2D eigenvalue weighted by molar-refractivity contribution is 6.42. The van der Waals surface area contributed by atoms with E-state index in [4.69, 9.17) is 23.2 Å². The minimum absolute atomic E-state index is 0. The average Bonchev–Trinajstić information content (AvgIpc) is 3.25. The Morgan fingerprint density at radius 3 is 2.32 bits per heavy atom. The summed E-state index contributed by atoms with van der Waals surface area (Å²) in [5.41, 5.74) is 2.24. The van der Waals surface area contributed by atoms with Crippen LogP contribution in [0.2, 0.25) is 10.0 Å². The lowest BCUT2D eigenvalue weighted by atomic mass is 10.1. The molecule has 4 nitrogen and oxygen atoms in total. The van der Waals surface area contributed by atoms with Crippen molar-refractivity contribution in [2.75, 3.05) is 39.3 Å². The highest BCUT2D eigenvalue weighted by Gasteiger charge is 2.32. The normalized spacial score (nSPS) is 19.9. The van der Waals surface area contributed by atoms with Crippen molar-refractivity contribution in [2.45, 2.75) is 31.8 Å². The lowest BCUT2D eigenvalue weighted by molar-refractivity contribution is -0.136. The molecule has 2 fully saturated rings. The number of benzene rings is 2. The third-order valence-electron chi connectivity index (χ3n) is 6.14. The standard InChI is InChI=1S/C24H29Cl2N3O.ClH/c25-22-9-8-20(14-23(22)26)15-24(30)29-13-12-28(16-19-6-2-1-3-7-19)18-21(29)17-27-10-4-5-11-27;/h1-3,6-9,14,21H,4-5,10-13,15-18H2;1H. The van der Waals surface area contributed by atoms with Crippen molar-refractivity contribution in [3.63, 3.8) is 0 Å². The monoisotopic (exact) mass is 481 g/mol. The van der Waals surface area contributed by atoms with Crippen LogP contribution in [0.15, 0.2) is 48.5 Å². The number of halogens is 3. The molecule has 168 valence electrons. The number of likely N-dealkylation sites (tertiary alicyclic amines) is 1. The van der Waals surface area contributed by atoms with E-state index in [-0.39, 0.29) is 24.4 Å². The molecule has 0 radical (unpaired) electrons. The van der Waals surface area contributed by atoms with E-state index in [9.17, 15) is 4.79 Å². The van der Waals surface area contributed by atoms with E-state index >= 15 is 0 Å². The number of rotatable bonds is 6. The number of hydrogen-bond donors (Lipinski definition) is 0. The number of amides is 1. The van der Waals surface area contributed by atoms with Gasteiger partial charge in [-0.25, -0.2) is 0 Å². The van der Waals surface area contributed by atoms with E-state index < -0.39 is 0 Å². The summed E-state index contributed by atoms with van der Waals surface area (Å²) < 4.78 is 0. The average molecular weight is 483 g/mol. The van der Waals surface area contributed by atoms with Gasteiger partial charge in [-0.1, -0.05) is 59.6 Å². The van der Waals surface area contributed by atoms with Crippen LogP contribution in [0.5, 0.6) is 0 Å². The lowest BCUT2D eigenvalue weighted by Gasteiger charge is -2.43. The molecule has 2 aliphatic rings. The van der Waals surface area contributed by atoms with E-state index in [0.29, 0.717) is 16.5 Å². The first-order valence-electron chi connectivity index (χ1n) is 10.8. The number of carbonyl (C=O) groups is 1. The highest BCUT2D eigenvalue weighted by atomic mass is 35.5. The summed E-state index contributed by atoms with van der Waals surface area (Å²) >= 11 is 12.2. The van der Waals surface area contributed by atoms with Crippen LogP contribution in [-0.4, -0.2) is 65.9 Å². The predicted octanol–water partition coefficient (Wildman–Crippen LogP) is 4.77. The topological polar surface area (TPSA) is 26.8 Å². The zero-order valence-electron chi connectivity index (χ0n) is 17.7. The Morgan fingerprint density at radius 1 is 0.871 bits per heavy atom. The van der Waals surface area contributed by atoms with Gasteiger partial charge in [0, 0.05) is 32.7 Å². The second-order valence-electron chi connectivity index (χ2n) is 8.39. The fourth-order valence-corrected chi connectivity index (χ4v) is 4.90. The van der Waals surface area contributed by atoms with Gasteiger partial charge in [-0.2, -0.15) is 0 Å². The smallest absolute Gasteiger partial charge is 0.227 e. The largest absolute Gasteiger partial charge is 0.336 e. The molecule has 0 N–H and O–H groups in total. The molecule has 31 heavy (non-hydrogen) atoms. The molecule has 7 heteroatoms. The van der Waals surface area contributed by atoms with Crippen molar-refractivity contribution in [3.8, 4) is 0 Å². The van der Waals surface area contributed by atoms with Crippen LogP contribution in [0.1, 0.15) is 24.0 Å². The number of carbonyl (C=O) groups excluding carboxylic acids is 1. The van der Waals surface area contributed by atoms with E-state index in [0.717, 1.165) is 51.4 Å². The van der Waals surface area contributed by atoms with Crippen molar-refractivity contribution < 1.29 is 4.79 Å². The molecule has 0 spiro atoms. The second-order valence-corrected chi connectivity index (χ2v) is 9.21. The predicted molar refractivity (Wildman–Crippen MR) is 130 cm³/mol. The summed E-state index contributed by atoms with van der Waals surface area (Å²) in [6.07, 6.45) is 2.89. The molecule has 1 amide bonds. The first-order chi connectivity index (χ1) is 14.6. The summed E-state index contributed by atoms with van der Waals surface area (Å²) in [5, 5.41) is 1.03. The van der Waals surface area contributed by atoms with Gasteiger partial charge in [0.25, 0.3) is 0 Å². The van der Waals surface area contributed by atoms with E-state index in [2.05, 4.69) is 45.0 Å². The third-order valence-corrected chi connectivity index (χ3v) is 6.88. The SMILES string of the molecule is Cl.O=C(Cc1ccc(Cl)c(Cl)c1)N1CCN(Cc2ccccc2)CC1CN1CCCC1. The summed E-state index contributed by atoms with van der Waals surface area (Å²) in [6, 6.07) is 16.3. The highest BCUT2D eigenvalue weighted by Crippen LogP contribution is 2.24. The van der Waals surface area contributed by atoms with Gasteiger partial charge in [0.1, 0.15) is 0 Å². The zero-order valence-corrected chi connectivity index (χ0v) is 20.0. The van der Waals surface area contributed by atoms with Crippen molar-refractivity contribution >= 4 is 41.5 Å². The quantitative estimate of drug-likeness (QED) is 0.593. The molecule has 1 unspecified atom stereocenters. The molecule has 4 rings (SSSR count). The second kappa shape index (κ2) is 11.5. The molecule has 2 heterocycles. The maximum Gasteiger partial charge on any atom is 0.227 e. The maximum absolute atomic E-state index is 13.2. The van der Waals surface area contributed by atoms with Crippen LogP contribution in [0.25, 0.3) is 0 Å².